The van der Waals surface area contributed by atoms with Crippen LogP contribution in [0.2, 0.25) is 0 Å². The lowest BCUT2D eigenvalue weighted by Gasteiger charge is -2.31. The standard InChI is InChI=1S/C15H19FN2O3/c1-9(2)15(5-6-17-8-15)14(21)18-12-4-3-10(13(19)20)7-11(12)16/h3-4,7,9,17H,5-6,8H2,1-2H3,(H,18,21)(H,19,20). The third-order valence-electron chi connectivity index (χ3n) is 4.21. The van der Waals surface area contributed by atoms with Crippen LogP contribution in [0.5, 0.6) is 0 Å². The fourth-order valence-electron chi connectivity index (χ4n) is 2.66. The fourth-order valence-corrected chi connectivity index (χ4v) is 2.66. The van der Waals surface area contributed by atoms with Crippen molar-refractivity contribution in [1.29, 1.82) is 0 Å². The summed E-state index contributed by atoms with van der Waals surface area (Å²) in [6.07, 6.45) is 0.700. The molecule has 0 bridgehead atoms. The van der Waals surface area contributed by atoms with Crippen LogP contribution in [0.25, 0.3) is 0 Å². The predicted octanol–water partition coefficient (Wildman–Crippen LogP) is 2.10. The summed E-state index contributed by atoms with van der Waals surface area (Å²) in [4.78, 5) is 23.3. The quantitative estimate of drug-likeness (QED) is 0.794. The maximum Gasteiger partial charge on any atom is 0.335 e. The van der Waals surface area contributed by atoms with Crippen LogP contribution in [0.4, 0.5) is 10.1 Å². The number of carbonyl (C=O) groups excluding carboxylic acids is 1. The molecule has 0 aromatic heterocycles. The van der Waals surface area contributed by atoms with Gasteiger partial charge in [0.1, 0.15) is 5.82 Å². The van der Waals surface area contributed by atoms with Crippen LogP contribution in [0.3, 0.4) is 0 Å². The summed E-state index contributed by atoms with van der Waals surface area (Å²) >= 11 is 0. The monoisotopic (exact) mass is 294 g/mol. The van der Waals surface area contributed by atoms with E-state index in [2.05, 4.69) is 10.6 Å². The maximum atomic E-state index is 13.9. The van der Waals surface area contributed by atoms with Gasteiger partial charge in [-0.3, -0.25) is 4.79 Å². The van der Waals surface area contributed by atoms with Gasteiger partial charge < -0.3 is 15.7 Å². The lowest BCUT2D eigenvalue weighted by molar-refractivity contribution is -0.126. The second kappa shape index (κ2) is 5.81. The van der Waals surface area contributed by atoms with Crippen molar-refractivity contribution in [3.05, 3.63) is 29.6 Å². The molecule has 0 saturated carbocycles. The molecule has 1 aromatic rings. The highest BCUT2D eigenvalue weighted by atomic mass is 19.1. The molecule has 1 unspecified atom stereocenters. The van der Waals surface area contributed by atoms with E-state index < -0.39 is 17.2 Å². The molecule has 3 N–H and O–H groups in total. The first-order chi connectivity index (χ1) is 9.86. The van der Waals surface area contributed by atoms with E-state index >= 15 is 0 Å². The topological polar surface area (TPSA) is 78.4 Å². The van der Waals surface area contributed by atoms with Gasteiger partial charge in [-0.15, -0.1) is 0 Å². The minimum atomic E-state index is -1.20. The summed E-state index contributed by atoms with van der Waals surface area (Å²) in [5, 5.41) is 14.6. The number of amides is 1. The Labute approximate surface area is 122 Å². The van der Waals surface area contributed by atoms with Gasteiger partial charge in [0.05, 0.1) is 16.7 Å². The highest BCUT2D eigenvalue weighted by Crippen LogP contribution is 2.35. The molecule has 1 saturated heterocycles. The first-order valence-electron chi connectivity index (χ1n) is 6.92. The zero-order valence-corrected chi connectivity index (χ0v) is 12.1. The largest absolute Gasteiger partial charge is 0.478 e. The third-order valence-corrected chi connectivity index (χ3v) is 4.21. The number of halogens is 1. The van der Waals surface area contributed by atoms with Gasteiger partial charge in [0.15, 0.2) is 0 Å². The summed E-state index contributed by atoms with van der Waals surface area (Å²) in [5.74, 6) is -2.06. The molecule has 6 heteroatoms. The average Bonchev–Trinajstić information content (AvgIpc) is 2.91. The summed E-state index contributed by atoms with van der Waals surface area (Å²) in [5.41, 5.74) is -0.693. The molecule has 1 fully saturated rings. The van der Waals surface area contributed by atoms with Gasteiger partial charge in [-0.25, -0.2) is 9.18 Å². The number of benzene rings is 1. The fraction of sp³-hybridized carbons (Fsp3) is 0.467. The van der Waals surface area contributed by atoms with Crippen molar-refractivity contribution >= 4 is 17.6 Å². The first kappa shape index (κ1) is 15.4. The number of carbonyl (C=O) groups is 2. The van der Waals surface area contributed by atoms with Crippen molar-refractivity contribution in [3.63, 3.8) is 0 Å². The van der Waals surface area contributed by atoms with Crippen LogP contribution in [0, 0.1) is 17.2 Å². The molecule has 1 aliphatic heterocycles. The molecule has 1 amide bonds. The van der Waals surface area contributed by atoms with E-state index in [0.717, 1.165) is 12.6 Å². The Hall–Kier alpha value is -1.95. The van der Waals surface area contributed by atoms with Crippen LogP contribution in [-0.2, 0) is 4.79 Å². The molecule has 1 aliphatic rings. The second-order valence-electron chi connectivity index (χ2n) is 5.69. The number of hydrogen-bond donors (Lipinski definition) is 3. The van der Waals surface area contributed by atoms with Gasteiger partial charge >= 0.3 is 5.97 Å². The molecule has 21 heavy (non-hydrogen) atoms. The number of hydrogen-bond acceptors (Lipinski definition) is 3. The predicted molar refractivity (Wildman–Crippen MR) is 76.7 cm³/mol. The molecule has 2 rings (SSSR count). The van der Waals surface area contributed by atoms with Crippen LogP contribution in [-0.4, -0.2) is 30.1 Å². The number of anilines is 1. The van der Waals surface area contributed by atoms with E-state index in [0.29, 0.717) is 13.0 Å². The van der Waals surface area contributed by atoms with Crippen molar-refractivity contribution in [1.82, 2.24) is 5.32 Å². The van der Waals surface area contributed by atoms with Gasteiger partial charge in [0.2, 0.25) is 5.91 Å². The number of carboxylic acids is 1. The van der Waals surface area contributed by atoms with Crippen molar-refractivity contribution in [2.24, 2.45) is 11.3 Å². The van der Waals surface area contributed by atoms with Gasteiger partial charge in [-0.05, 0) is 37.1 Å². The number of rotatable bonds is 4. The molecule has 114 valence electrons. The lowest BCUT2D eigenvalue weighted by Crippen LogP contribution is -2.42. The van der Waals surface area contributed by atoms with Crippen LogP contribution >= 0.6 is 0 Å². The number of nitrogens with one attached hydrogen (secondary N) is 2. The van der Waals surface area contributed by atoms with Gasteiger partial charge in [0.25, 0.3) is 0 Å². The summed E-state index contributed by atoms with van der Waals surface area (Å²) < 4.78 is 13.9. The molecule has 0 spiro atoms. The highest BCUT2D eigenvalue weighted by Gasteiger charge is 2.44. The normalized spacial score (nSPS) is 21.5. The maximum absolute atomic E-state index is 13.9. The smallest absolute Gasteiger partial charge is 0.335 e. The minimum Gasteiger partial charge on any atom is -0.478 e. The molecule has 1 heterocycles. The van der Waals surface area contributed by atoms with E-state index in [-0.39, 0.29) is 23.1 Å². The number of aromatic carboxylic acids is 1. The van der Waals surface area contributed by atoms with Crippen molar-refractivity contribution in [2.45, 2.75) is 20.3 Å². The molecular formula is C15H19FN2O3. The first-order valence-corrected chi connectivity index (χ1v) is 6.92. The van der Waals surface area contributed by atoms with Crippen molar-refractivity contribution in [2.75, 3.05) is 18.4 Å². The van der Waals surface area contributed by atoms with Gasteiger partial charge in [0, 0.05) is 6.54 Å². The SMILES string of the molecule is CC(C)C1(C(=O)Nc2ccc(C(=O)O)cc2F)CCNC1. The molecule has 0 radical (unpaired) electrons. The van der Waals surface area contributed by atoms with Crippen LogP contribution < -0.4 is 10.6 Å². The van der Waals surface area contributed by atoms with E-state index in [1.54, 1.807) is 0 Å². The molecule has 5 nitrogen and oxygen atoms in total. The Morgan fingerprint density at radius 1 is 1.43 bits per heavy atom. The number of carboxylic acid groups (broad SMARTS) is 1. The average molecular weight is 294 g/mol. The summed E-state index contributed by atoms with van der Waals surface area (Å²) in [7, 11) is 0. The molecule has 1 aromatic carbocycles. The molecule has 1 atom stereocenters. The Morgan fingerprint density at radius 2 is 2.14 bits per heavy atom. The van der Waals surface area contributed by atoms with Crippen LogP contribution in [0.1, 0.15) is 30.6 Å². The summed E-state index contributed by atoms with van der Waals surface area (Å²) in [6.45, 7) is 5.25. The second-order valence-corrected chi connectivity index (χ2v) is 5.69. The summed E-state index contributed by atoms with van der Waals surface area (Å²) in [6, 6.07) is 3.47. The Morgan fingerprint density at radius 3 is 2.62 bits per heavy atom. The Balaban J connectivity index is 2.21. The highest BCUT2D eigenvalue weighted by molar-refractivity contribution is 5.96. The molecule has 0 aliphatic carbocycles. The minimum absolute atomic E-state index is 0.0110. The Kier molecular flexibility index (Phi) is 4.27. The zero-order valence-electron chi connectivity index (χ0n) is 12.1. The van der Waals surface area contributed by atoms with E-state index in [4.69, 9.17) is 5.11 Å². The lowest BCUT2D eigenvalue weighted by atomic mass is 9.75. The third kappa shape index (κ3) is 2.90. The molecular weight excluding hydrogens is 275 g/mol. The van der Waals surface area contributed by atoms with Crippen molar-refractivity contribution < 1.29 is 19.1 Å². The van der Waals surface area contributed by atoms with E-state index in [1.165, 1.54) is 12.1 Å². The van der Waals surface area contributed by atoms with Gasteiger partial charge in [-0.1, -0.05) is 13.8 Å². The van der Waals surface area contributed by atoms with E-state index in [1.807, 2.05) is 13.8 Å². The Bertz CT molecular complexity index is 566. The van der Waals surface area contributed by atoms with Gasteiger partial charge in [-0.2, -0.15) is 0 Å². The van der Waals surface area contributed by atoms with Crippen LogP contribution in [0.15, 0.2) is 18.2 Å². The van der Waals surface area contributed by atoms with Crippen molar-refractivity contribution in [3.8, 4) is 0 Å². The van der Waals surface area contributed by atoms with E-state index in [9.17, 15) is 14.0 Å². The zero-order chi connectivity index (χ0) is 15.6.